The Morgan fingerprint density at radius 3 is 1.96 bits per heavy atom. The molecule has 1 aliphatic heterocycles. The molecule has 1 N–H and O–H groups in total. The molecule has 25 heavy (non-hydrogen) atoms. The summed E-state index contributed by atoms with van der Waals surface area (Å²) in [6.07, 6.45) is 4.37. The molecule has 0 radical (unpaired) electrons. The molecule has 2 nitrogen and oxygen atoms in total. The summed E-state index contributed by atoms with van der Waals surface area (Å²) in [5, 5.41) is 10.8. The zero-order valence-electron chi connectivity index (χ0n) is 18.5. The topological polar surface area (TPSA) is 23.5 Å². The number of hydrogen-bond acceptors (Lipinski definition) is 2. The first-order valence-electron chi connectivity index (χ1n) is 10.3. The van der Waals surface area contributed by atoms with Crippen molar-refractivity contribution in [3.63, 3.8) is 0 Å². The quantitative estimate of drug-likeness (QED) is 0.601. The maximum atomic E-state index is 10.8. The summed E-state index contributed by atoms with van der Waals surface area (Å²) in [7, 11) is 2.09. The van der Waals surface area contributed by atoms with Crippen molar-refractivity contribution in [2.45, 2.75) is 86.3 Å². The monoisotopic (exact) mass is 351 g/mol. The normalized spacial score (nSPS) is 21.4. The first kappa shape index (κ1) is 28.7. The Bertz CT molecular complexity index is 377. The van der Waals surface area contributed by atoms with E-state index in [0.29, 0.717) is 6.42 Å². The molecule has 0 amide bonds. The molecule has 2 atom stereocenters. The molecular formula is C23H45NO. The molecular weight excluding hydrogens is 306 g/mol. The molecule has 1 fully saturated rings. The third kappa shape index (κ3) is 9.81. The van der Waals surface area contributed by atoms with E-state index in [1.165, 1.54) is 5.56 Å². The Labute approximate surface area is 159 Å². The van der Waals surface area contributed by atoms with Crippen molar-refractivity contribution in [2.75, 3.05) is 13.6 Å². The standard InChI is InChI=1S/C15H21NO.4C2H6/c1-3-10-15(17)11-7-12-16(2)14(15)13-8-5-4-6-9-13;4*1-2/h3-6,8-9,14,17H,1,7,10-12H2,2H3;4*1-2H3. The van der Waals surface area contributed by atoms with Gasteiger partial charge in [0.2, 0.25) is 0 Å². The fourth-order valence-corrected chi connectivity index (χ4v) is 2.97. The van der Waals surface area contributed by atoms with Gasteiger partial charge in [-0.05, 0) is 38.4 Å². The highest BCUT2D eigenvalue weighted by molar-refractivity contribution is 5.23. The van der Waals surface area contributed by atoms with Crippen LogP contribution in [0.3, 0.4) is 0 Å². The Balaban J connectivity index is -0.000000533. The van der Waals surface area contributed by atoms with Crippen LogP contribution in [0.2, 0.25) is 0 Å². The summed E-state index contributed by atoms with van der Waals surface area (Å²) in [6, 6.07) is 10.4. The van der Waals surface area contributed by atoms with Crippen molar-refractivity contribution in [3.8, 4) is 0 Å². The fraction of sp³-hybridized carbons (Fsp3) is 0.652. The van der Waals surface area contributed by atoms with Crippen LogP contribution in [0.4, 0.5) is 0 Å². The van der Waals surface area contributed by atoms with E-state index in [4.69, 9.17) is 0 Å². The van der Waals surface area contributed by atoms with Crippen LogP contribution in [-0.2, 0) is 0 Å². The second-order valence-corrected chi connectivity index (χ2v) is 4.99. The predicted octanol–water partition coefficient (Wildman–Crippen LogP) is 6.87. The maximum Gasteiger partial charge on any atom is 0.0878 e. The molecule has 2 heteroatoms. The van der Waals surface area contributed by atoms with Gasteiger partial charge in [0.1, 0.15) is 0 Å². The van der Waals surface area contributed by atoms with E-state index in [9.17, 15) is 5.11 Å². The smallest absolute Gasteiger partial charge is 0.0878 e. The number of hydrogen-bond donors (Lipinski definition) is 1. The fourth-order valence-electron chi connectivity index (χ4n) is 2.97. The molecule has 1 saturated heterocycles. The lowest BCUT2D eigenvalue weighted by Crippen LogP contribution is -2.49. The van der Waals surface area contributed by atoms with Gasteiger partial charge in [-0.15, -0.1) is 6.58 Å². The van der Waals surface area contributed by atoms with E-state index in [1.807, 2.05) is 79.7 Å². The van der Waals surface area contributed by atoms with E-state index in [0.717, 1.165) is 19.4 Å². The highest BCUT2D eigenvalue weighted by Gasteiger charge is 2.41. The third-order valence-corrected chi connectivity index (χ3v) is 3.68. The number of likely N-dealkylation sites (tertiary alicyclic amines) is 1. The Morgan fingerprint density at radius 1 is 1.04 bits per heavy atom. The maximum absolute atomic E-state index is 10.8. The Kier molecular flexibility index (Phi) is 22.0. The summed E-state index contributed by atoms with van der Waals surface area (Å²) >= 11 is 0. The van der Waals surface area contributed by atoms with Gasteiger partial charge >= 0.3 is 0 Å². The summed E-state index contributed by atoms with van der Waals surface area (Å²) < 4.78 is 0. The molecule has 1 aliphatic rings. The minimum atomic E-state index is -0.671. The summed E-state index contributed by atoms with van der Waals surface area (Å²) in [5.41, 5.74) is 0.523. The molecule has 2 rings (SSSR count). The van der Waals surface area contributed by atoms with E-state index >= 15 is 0 Å². The Morgan fingerprint density at radius 2 is 1.52 bits per heavy atom. The highest BCUT2D eigenvalue weighted by Crippen LogP contribution is 2.40. The Hall–Kier alpha value is -1.12. The molecule has 1 aromatic carbocycles. The second-order valence-electron chi connectivity index (χ2n) is 4.99. The first-order valence-corrected chi connectivity index (χ1v) is 10.3. The SMILES string of the molecule is C=CCC1(O)CCCN(C)C1c1ccccc1.CC.CC.CC.CC. The van der Waals surface area contributed by atoms with Crippen molar-refractivity contribution in [2.24, 2.45) is 0 Å². The minimum Gasteiger partial charge on any atom is -0.388 e. The first-order chi connectivity index (χ1) is 12.2. The van der Waals surface area contributed by atoms with Crippen LogP contribution in [-0.4, -0.2) is 29.2 Å². The summed E-state index contributed by atoms with van der Waals surface area (Å²) in [6.45, 7) is 20.8. The molecule has 0 spiro atoms. The van der Waals surface area contributed by atoms with Crippen molar-refractivity contribution < 1.29 is 5.11 Å². The zero-order chi connectivity index (χ0) is 20.3. The van der Waals surface area contributed by atoms with Gasteiger partial charge in [0.05, 0.1) is 11.6 Å². The van der Waals surface area contributed by atoms with Crippen molar-refractivity contribution in [1.82, 2.24) is 4.90 Å². The minimum absolute atomic E-state index is 0.0791. The number of benzene rings is 1. The van der Waals surface area contributed by atoms with Crippen molar-refractivity contribution in [1.29, 1.82) is 0 Å². The largest absolute Gasteiger partial charge is 0.388 e. The molecule has 1 heterocycles. The van der Waals surface area contributed by atoms with Gasteiger partial charge in [0.15, 0.2) is 0 Å². The van der Waals surface area contributed by atoms with Crippen molar-refractivity contribution in [3.05, 3.63) is 48.6 Å². The van der Waals surface area contributed by atoms with Gasteiger partial charge < -0.3 is 5.11 Å². The van der Waals surface area contributed by atoms with E-state index < -0.39 is 5.60 Å². The third-order valence-electron chi connectivity index (χ3n) is 3.68. The van der Waals surface area contributed by atoms with Gasteiger partial charge in [-0.2, -0.15) is 0 Å². The molecule has 1 aromatic rings. The van der Waals surface area contributed by atoms with Crippen LogP contribution >= 0.6 is 0 Å². The average Bonchev–Trinajstić information content (AvgIpc) is 2.69. The molecule has 0 aliphatic carbocycles. The van der Waals surface area contributed by atoms with Crippen LogP contribution in [0.15, 0.2) is 43.0 Å². The number of nitrogens with zero attached hydrogens (tertiary/aromatic N) is 1. The van der Waals surface area contributed by atoms with E-state index in [1.54, 1.807) is 0 Å². The van der Waals surface area contributed by atoms with Crippen LogP contribution in [0.1, 0.15) is 86.3 Å². The van der Waals surface area contributed by atoms with E-state index in [-0.39, 0.29) is 6.04 Å². The molecule has 0 bridgehead atoms. The van der Waals surface area contributed by atoms with Crippen LogP contribution in [0.5, 0.6) is 0 Å². The predicted molar refractivity (Wildman–Crippen MR) is 116 cm³/mol. The molecule has 148 valence electrons. The van der Waals surface area contributed by atoms with Crippen molar-refractivity contribution >= 4 is 0 Å². The zero-order valence-corrected chi connectivity index (χ0v) is 18.5. The second kappa shape index (κ2) is 19.2. The van der Waals surface area contributed by atoms with Crippen LogP contribution in [0.25, 0.3) is 0 Å². The lowest BCUT2D eigenvalue weighted by molar-refractivity contribution is -0.0723. The number of aliphatic hydroxyl groups is 1. The van der Waals surface area contributed by atoms with E-state index in [2.05, 4.69) is 30.7 Å². The molecule has 0 saturated carbocycles. The number of rotatable bonds is 3. The molecule has 0 aromatic heterocycles. The number of likely N-dealkylation sites (N-methyl/N-ethyl adjacent to an activating group) is 1. The highest BCUT2D eigenvalue weighted by atomic mass is 16.3. The summed E-state index contributed by atoms with van der Waals surface area (Å²) in [4.78, 5) is 2.25. The van der Waals surface area contributed by atoms with Crippen LogP contribution < -0.4 is 0 Å². The molecule has 2 unspecified atom stereocenters. The van der Waals surface area contributed by atoms with Gasteiger partial charge in [-0.3, -0.25) is 4.90 Å². The summed E-state index contributed by atoms with van der Waals surface area (Å²) in [5.74, 6) is 0. The average molecular weight is 352 g/mol. The number of piperidine rings is 1. The van der Waals surface area contributed by atoms with Gasteiger partial charge in [-0.1, -0.05) is 91.8 Å². The van der Waals surface area contributed by atoms with Gasteiger partial charge in [0, 0.05) is 0 Å². The lowest BCUT2D eigenvalue weighted by Gasteiger charge is -2.45. The van der Waals surface area contributed by atoms with Gasteiger partial charge in [-0.25, -0.2) is 0 Å². The lowest BCUT2D eigenvalue weighted by atomic mass is 9.78. The van der Waals surface area contributed by atoms with Gasteiger partial charge in [0.25, 0.3) is 0 Å². The van der Waals surface area contributed by atoms with Crippen LogP contribution in [0, 0.1) is 0 Å².